The standard InChI is InChI=1S/C19H17ClN4O4/c1-12-8-13(20)6-7-16(12)28-11-18(26)23-22-17(25)10-24-15-5-3-2-4-14(15)21-9-19(24)27/h2-9H,10-11H2,1H3,(H,22,25)(H,23,26). The van der Waals surface area contributed by atoms with Crippen molar-refractivity contribution < 1.29 is 14.3 Å². The second-order valence-electron chi connectivity index (χ2n) is 5.97. The molecule has 1 heterocycles. The summed E-state index contributed by atoms with van der Waals surface area (Å²) in [6, 6.07) is 12.0. The van der Waals surface area contributed by atoms with E-state index in [2.05, 4.69) is 15.8 Å². The highest BCUT2D eigenvalue weighted by Crippen LogP contribution is 2.21. The molecule has 0 aliphatic carbocycles. The molecule has 144 valence electrons. The topological polar surface area (TPSA) is 102 Å². The van der Waals surface area contributed by atoms with Gasteiger partial charge >= 0.3 is 0 Å². The smallest absolute Gasteiger partial charge is 0.276 e. The number of halogens is 1. The van der Waals surface area contributed by atoms with Crippen molar-refractivity contribution in [1.29, 1.82) is 0 Å². The van der Waals surface area contributed by atoms with E-state index in [-0.39, 0.29) is 13.2 Å². The number of benzene rings is 2. The number of ether oxygens (including phenoxy) is 1. The maximum absolute atomic E-state index is 12.1. The molecule has 9 heteroatoms. The van der Waals surface area contributed by atoms with Crippen LogP contribution in [-0.2, 0) is 16.1 Å². The van der Waals surface area contributed by atoms with Crippen molar-refractivity contribution in [2.24, 2.45) is 0 Å². The Balaban J connectivity index is 1.55. The number of para-hydroxylation sites is 2. The van der Waals surface area contributed by atoms with Gasteiger partial charge in [0, 0.05) is 5.02 Å². The molecular weight excluding hydrogens is 384 g/mol. The lowest BCUT2D eigenvalue weighted by atomic mass is 10.2. The number of nitrogens with one attached hydrogen (secondary N) is 2. The van der Waals surface area contributed by atoms with E-state index in [0.29, 0.717) is 21.8 Å². The average Bonchev–Trinajstić information content (AvgIpc) is 2.68. The summed E-state index contributed by atoms with van der Waals surface area (Å²) in [5.41, 5.74) is 6.00. The van der Waals surface area contributed by atoms with Crippen molar-refractivity contribution in [2.75, 3.05) is 6.61 Å². The Hall–Kier alpha value is -3.39. The van der Waals surface area contributed by atoms with Crippen LogP contribution >= 0.6 is 11.6 Å². The average molecular weight is 401 g/mol. The van der Waals surface area contributed by atoms with Crippen LogP contribution in [0.15, 0.2) is 53.5 Å². The lowest BCUT2D eigenvalue weighted by Gasteiger charge is -2.12. The highest BCUT2D eigenvalue weighted by Gasteiger charge is 2.10. The molecule has 2 aromatic carbocycles. The van der Waals surface area contributed by atoms with Crippen LogP contribution in [0.3, 0.4) is 0 Å². The molecule has 2 amide bonds. The summed E-state index contributed by atoms with van der Waals surface area (Å²) in [4.78, 5) is 40.0. The lowest BCUT2D eigenvalue weighted by Crippen LogP contribution is -2.46. The summed E-state index contributed by atoms with van der Waals surface area (Å²) in [5.74, 6) is -0.593. The lowest BCUT2D eigenvalue weighted by molar-refractivity contribution is -0.130. The first-order valence-electron chi connectivity index (χ1n) is 8.35. The summed E-state index contributed by atoms with van der Waals surface area (Å²) in [6.45, 7) is 1.25. The minimum absolute atomic E-state index is 0.265. The van der Waals surface area contributed by atoms with Gasteiger partial charge in [-0.15, -0.1) is 0 Å². The van der Waals surface area contributed by atoms with Crippen LogP contribution in [0.4, 0.5) is 0 Å². The van der Waals surface area contributed by atoms with Gasteiger partial charge in [-0.05, 0) is 42.8 Å². The van der Waals surface area contributed by atoms with E-state index in [9.17, 15) is 14.4 Å². The van der Waals surface area contributed by atoms with E-state index in [1.807, 2.05) is 0 Å². The maximum atomic E-state index is 12.1. The van der Waals surface area contributed by atoms with Crippen molar-refractivity contribution in [3.8, 4) is 5.75 Å². The number of nitrogens with zero attached hydrogens (tertiary/aromatic N) is 2. The first kappa shape index (κ1) is 19.4. The van der Waals surface area contributed by atoms with Gasteiger partial charge in [0.25, 0.3) is 17.4 Å². The third kappa shape index (κ3) is 4.66. The molecule has 8 nitrogen and oxygen atoms in total. The van der Waals surface area contributed by atoms with Crippen LogP contribution in [0.2, 0.25) is 5.02 Å². The van der Waals surface area contributed by atoms with E-state index < -0.39 is 17.4 Å². The fraction of sp³-hybridized carbons (Fsp3) is 0.158. The minimum atomic E-state index is -0.561. The summed E-state index contributed by atoms with van der Waals surface area (Å²) in [5, 5.41) is 0.570. The van der Waals surface area contributed by atoms with Crippen LogP contribution in [0, 0.1) is 6.92 Å². The molecule has 0 atom stereocenters. The molecule has 3 rings (SSSR count). The summed E-state index contributed by atoms with van der Waals surface area (Å²) < 4.78 is 6.67. The highest BCUT2D eigenvalue weighted by molar-refractivity contribution is 6.30. The summed E-state index contributed by atoms with van der Waals surface area (Å²) in [7, 11) is 0. The molecule has 28 heavy (non-hydrogen) atoms. The van der Waals surface area contributed by atoms with Crippen molar-refractivity contribution in [3.63, 3.8) is 0 Å². The summed E-state index contributed by atoms with van der Waals surface area (Å²) in [6.07, 6.45) is 1.15. The van der Waals surface area contributed by atoms with Gasteiger partial charge in [0.1, 0.15) is 12.3 Å². The van der Waals surface area contributed by atoms with Gasteiger partial charge in [0.2, 0.25) is 0 Å². The Morgan fingerprint density at radius 3 is 2.68 bits per heavy atom. The molecule has 0 aliphatic heterocycles. The molecule has 0 radical (unpaired) electrons. The van der Waals surface area contributed by atoms with Crippen LogP contribution in [0.5, 0.6) is 5.75 Å². The van der Waals surface area contributed by atoms with Gasteiger partial charge in [0.05, 0.1) is 17.2 Å². The van der Waals surface area contributed by atoms with E-state index in [1.165, 1.54) is 4.57 Å². The molecule has 0 spiro atoms. The largest absolute Gasteiger partial charge is 0.483 e. The van der Waals surface area contributed by atoms with E-state index in [4.69, 9.17) is 16.3 Å². The molecule has 0 fully saturated rings. The zero-order valence-corrected chi connectivity index (χ0v) is 15.7. The van der Waals surface area contributed by atoms with Crippen molar-refractivity contribution >= 4 is 34.4 Å². The fourth-order valence-electron chi connectivity index (χ4n) is 2.55. The molecule has 0 saturated heterocycles. The fourth-order valence-corrected chi connectivity index (χ4v) is 2.78. The Morgan fingerprint density at radius 1 is 1.14 bits per heavy atom. The highest BCUT2D eigenvalue weighted by atomic mass is 35.5. The van der Waals surface area contributed by atoms with Gasteiger partial charge in [-0.3, -0.25) is 29.8 Å². The monoisotopic (exact) mass is 400 g/mol. The maximum Gasteiger partial charge on any atom is 0.276 e. The van der Waals surface area contributed by atoms with Crippen LogP contribution < -0.4 is 21.1 Å². The zero-order chi connectivity index (χ0) is 20.1. The number of aryl methyl sites for hydroxylation is 1. The number of hydrogen-bond acceptors (Lipinski definition) is 5. The first-order valence-corrected chi connectivity index (χ1v) is 8.73. The molecule has 0 unspecified atom stereocenters. The van der Waals surface area contributed by atoms with Gasteiger partial charge in [-0.1, -0.05) is 23.7 Å². The number of hydrogen-bond donors (Lipinski definition) is 2. The number of aromatic nitrogens is 2. The Morgan fingerprint density at radius 2 is 1.89 bits per heavy atom. The van der Waals surface area contributed by atoms with Gasteiger partial charge in [0.15, 0.2) is 6.61 Å². The third-order valence-electron chi connectivity index (χ3n) is 3.89. The van der Waals surface area contributed by atoms with E-state index in [1.54, 1.807) is 49.4 Å². The SMILES string of the molecule is Cc1cc(Cl)ccc1OCC(=O)NNC(=O)Cn1c(=O)cnc2ccccc21. The van der Waals surface area contributed by atoms with E-state index in [0.717, 1.165) is 11.8 Å². The van der Waals surface area contributed by atoms with Crippen LogP contribution in [0.25, 0.3) is 11.0 Å². The predicted molar refractivity (Wildman–Crippen MR) is 104 cm³/mol. The number of rotatable bonds is 5. The second kappa shape index (κ2) is 8.53. The van der Waals surface area contributed by atoms with Crippen LogP contribution in [0.1, 0.15) is 5.56 Å². The minimum Gasteiger partial charge on any atom is -0.483 e. The van der Waals surface area contributed by atoms with Crippen LogP contribution in [-0.4, -0.2) is 28.0 Å². The molecule has 0 aliphatic rings. The zero-order valence-electron chi connectivity index (χ0n) is 14.9. The first-order chi connectivity index (χ1) is 13.4. The van der Waals surface area contributed by atoms with Gasteiger partial charge in [-0.25, -0.2) is 4.98 Å². The normalized spacial score (nSPS) is 10.5. The number of fused-ring (bicyclic) bond motifs is 1. The number of carbonyl (C=O) groups excluding carboxylic acids is 2. The number of hydrazine groups is 1. The number of carbonyl (C=O) groups is 2. The molecule has 1 aromatic heterocycles. The Bertz CT molecular complexity index is 1100. The predicted octanol–water partition coefficient (Wildman–Crippen LogP) is 1.58. The molecule has 0 bridgehead atoms. The third-order valence-corrected chi connectivity index (χ3v) is 4.13. The van der Waals surface area contributed by atoms with E-state index >= 15 is 0 Å². The van der Waals surface area contributed by atoms with Gasteiger partial charge in [-0.2, -0.15) is 0 Å². The van der Waals surface area contributed by atoms with Crippen molar-refractivity contribution in [1.82, 2.24) is 20.4 Å². The van der Waals surface area contributed by atoms with Crippen molar-refractivity contribution in [3.05, 3.63) is 69.6 Å². The molecule has 3 aromatic rings. The molecular formula is C19H17ClN4O4. The molecule has 2 N–H and O–H groups in total. The number of amides is 2. The Labute approximate surface area is 165 Å². The second-order valence-corrected chi connectivity index (χ2v) is 6.40. The Kier molecular flexibility index (Phi) is 5.90. The van der Waals surface area contributed by atoms with Gasteiger partial charge < -0.3 is 4.74 Å². The molecule has 0 saturated carbocycles. The quantitative estimate of drug-likeness (QED) is 0.633. The summed E-state index contributed by atoms with van der Waals surface area (Å²) >= 11 is 5.87. The van der Waals surface area contributed by atoms with Crippen molar-refractivity contribution in [2.45, 2.75) is 13.5 Å².